The van der Waals surface area contributed by atoms with Crippen LogP contribution < -0.4 is 5.30 Å². The molecule has 0 saturated carbocycles. The molecule has 1 unspecified atom stereocenters. The monoisotopic (exact) mass is 230 g/mol. The van der Waals surface area contributed by atoms with Crippen molar-refractivity contribution in [2.75, 3.05) is 13.3 Å². The van der Waals surface area contributed by atoms with Crippen LogP contribution >= 0.6 is 7.37 Å². The molecule has 15 heavy (non-hydrogen) atoms. The van der Waals surface area contributed by atoms with Gasteiger partial charge in [-0.2, -0.15) is 0 Å². The highest BCUT2D eigenvalue weighted by Gasteiger charge is 2.22. The average molecular weight is 230 g/mol. The van der Waals surface area contributed by atoms with E-state index in [4.69, 9.17) is 4.52 Å². The fraction of sp³-hybridized carbons (Fsp3) is 0.455. The Morgan fingerprint density at radius 1 is 1.40 bits per heavy atom. The zero-order chi connectivity index (χ0) is 11.3. The molecule has 1 atom stereocenters. The summed E-state index contributed by atoms with van der Waals surface area (Å²) in [4.78, 5) is 0. The number of rotatable bonds is 5. The number of halogens is 1. The van der Waals surface area contributed by atoms with Crippen LogP contribution in [0.2, 0.25) is 0 Å². The third kappa shape index (κ3) is 3.44. The van der Waals surface area contributed by atoms with Crippen molar-refractivity contribution in [2.45, 2.75) is 19.8 Å². The number of benzene rings is 1. The molecule has 0 amide bonds. The van der Waals surface area contributed by atoms with Gasteiger partial charge in [-0.3, -0.25) is 4.57 Å². The van der Waals surface area contributed by atoms with E-state index in [-0.39, 0.29) is 5.30 Å². The predicted octanol–water partition coefficient (Wildman–Crippen LogP) is 3.18. The first kappa shape index (κ1) is 12.4. The van der Waals surface area contributed by atoms with E-state index in [1.165, 1.54) is 18.8 Å². The highest BCUT2D eigenvalue weighted by atomic mass is 31.2. The molecule has 0 heterocycles. The minimum absolute atomic E-state index is 0.182. The standard InChI is InChI=1S/C11H16FO2P/c1-3-4-9-14-15(2,13)11-8-6-5-7-10(11)12/h5-8H,3-4,9H2,1-2H3. The molecule has 2 nitrogen and oxygen atoms in total. The van der Waals surface area contributed by atoms with Gasteiger partial charge in [0.25, 0.3) is 0 Å². The minimum Gasteiger partial charge on any atom is -0.325 e. The maximum atomic E-state index is 13.3. The quantitative estimate of drug-likeness (QED) is 0.573. The van der Waals surface area contributed by atoms with Crippen LogP contribution in [0.3, 0.4) is 0 Å². The predicted molar refractivity (Wildman–Crippen MR) is 60.4 cm³/mol. The summed E-state index contributed by atoms with van der Waals surface area (Å²) in [5, 5.41) is 0.182. The second-order valence-electron chi connectivity index (χ2n) is 3.48. The highest BCUT2D eigenvalue weighted by Crippen LogP contribution is 2.42. The van der Waals surface area contributed by atoms with Crippen LogP contribution in [-0.2, 0) is 9.09 Å². The van der Waals surface area contributed by atoms with Gasteiger partial charge in [-0.15, -0.1) is 0 Å². The summed E-state index contributed by atoms with van der Waals surface area (Å²) >= 11 is 0. The van der Waals surface area contributed by atoms with Gasteiger partial charge in [0.05, 0.1) is 11.9 Å². The molecule has 0 saturated heterocycles. The van der Waals surface area contributed by atoms with Crippen molar-refractivity contribution in [3.63, 3.8) is 0 Å². The fourth-order valence-corrected chi connectivity index (χ4v) is 2.67. The molecule has 0 aromatic heterocycles. The Hall–Kier alpha value is -0.660. The molecule has 0 aliphatic carbocycles. The molecular formula is C11H16FO2P. The molecule has 4 heteroatoms. The van der Waals surface area contributed by atoms with Crippen molar-refractivity contribution >= 4 is 12.7 Å². The van der Waals surface area contributed by atoms with Crippen LogP contribution in [0.4, 0.5) is 4.39 Å². The van der Waals surface area contributed by atoms with Crippen LogP contribution in [0.1, 0.15) is 19.8 Å². The first-order valence-corrected chi connectivity index (χ1v) is 7.12. The fourth-order valence-electron chi connectivity index (χ4n) is 1.23. The smallest absolute Gasteiger partial charge is 0.232 e. The Morgan fingerprint density at radius 3 is 2.67 bits per heavy atom. The Kier molecular flexibility index (Phi) is 4.49. The molecule has 84 valence electrons. The maximum absolute atomic E-state index is 13.3. The summed E-state index contributed by atoms with van der Waals surface area (Å²) in [5.41, 5.74) is 0. The van der Waals surface area contributed by atoms with Crippen LogP contribution in [0, 0.1) is 5.82 Å². The zero-order valence-electron chi connectivity index (χ0n) is 9.07. The van der Waals surface area contributed by atoms with Crippen LogP contribution in [0.15, 0.2) is 24.3 Å². The lowest BCUT2D eigenvalue weighted by atomic mass is 10.3. The molecule has 1 rings (SSSR count). The van der Waals surface area contributed by atoms with E-state index in [2.05, 4.69) is 0 Å². The summed E-state index contributed by atoms with van der Waals surface area (Å²) < 4.78 is 30.6. The van der Waals surface area contributed by atoms with Crippen molar-refractivity contribution in [2.24, 2.45) is 0 Å². The van der Waals surface area contributed by atoms with Crippen molar-refractivity contribution in [1.29, 1.82) is 0 Å². The second-order valence-corrected chi connectivity index (χ2v) is 5.92. The molecule has 0 spiro atoms. The summed E-state index contributed by atoms with van der Waals surface area (Å²) in [7, 11) is -2.99. The third-order valence-corrected chi connectivity index (χ3v) is 4.04. The Labute approximate surface area is 89.9 Å². The average Bonchev–Trinajstić information content (AvgIpc) is 2.18. The van der Waals surface area contributed by atoms with Gasteiger partial charge in [-0.25, -0.2) is 4.39 Å². The van der Waals surface area contributed by atoms with Crippen LogP contribution in [0.25, 0.3) is 0 Å². The topological polar surface area (TPSA) is 26.3 Å². The van der Waals surface area contributed by atoms with Crippen molar-refractivity contribution in [1.82, 2.24) is 0 Å². The molecule has 0 aliphatic rings. The first-order chi connectivity index (χ1) is 7.08. The van der Waals surface area contributed by atoms with Gasteiger partial charge in [0, 0.05) is 6.66 Å². The van der Waals surface area contributed by atoms with E-state index in [1.54, 1.807) is 12.1 Å². The van der Waals surface area contributed by atoms with E-state index >= 15 is 0 Å². The zero-order valence-corrected chi connectivity index (χ0v) is 9.97. The lowest BCUT2D eigenvalue weighted by Gasteiger charge is -2.14. The SMILES string of the molecule is CCCCOP(C)(=O)c1ccccc1F. The van der Waals surface area contributed by atoms with E-state index in [0.29, 0.717) is 6.61 Å². The first-order valence-electron chi connectivity index (χ1n) is 5.05. The minimum atomic E-state index is -2.99. The van der Waals surface area contributed by atoms with Gasteiger partial charge in [0.1, 0.15) is 5.82 Å². The molecule has 0 bridgehead atoms. The van der Waals surface area contributed by atoms with Crippen molar-refractivity contribution in [3.05, 3.63) is 30.1 Å². The Balaban J connectivity index is 2.77. The summed E-state index contributed by atoms with van der Waals surface area (Å²) in [5.74, 6) is -0.458. The van der Waals surface area contributed by atoms with Crippen molar-refractivity contribution in [3.8, 4) is 0 Å². The van der Waals surface area contributed by atoms with Gasteiger partial charge in [0.2, 0.25) is 7.37 Å². The number of hydrogen-bond donors (Lipinski definition) is 0. The maximum Gasteiger partial charge on any atom is 0.232 e. The summed E-state index contributed by atoms with van der Waals surface area (Å²) in [6, 6.07) is 6.05. The van der Waals surface area contributed by atoms with E-state index in [0.717, 1.165) is 12.8 Å². The normalized spacial score (nSPS) is 14.9. The third-order valence-electron chi connectivity index (χ3n) is 2.13. The number of hydrogen-bond acceptors (Lipinski definition) is 2. The largest absolute Gasteiger partial charge is 0.325 e. The molecule has 0 radical (unpaired) electrons. The van der Waals surface area contributed by atoms with E-state index < -0.39 is 13.2 Å². The van der Waals surface area contributed by atoms with E-state index in [1.807, 2.05) is 6.92 Å². The molecule has 1 aromatic carbocycles. The molecule has 1 aromatic rings. The molecule has 0 N–H and O–H groups in total. The van der Waals surface area contributed by atoms with Gasteiger partial charge < -0.3 is 4.52 Å². The van der Waals surface area contributed by atoms with Crippen LogP contribution in [0.5, 0.6) is 0 Å². The van der Waals surface area contributed by atoms with Crippen LogP contribution in [-0.4, -0.2) is 13.3 Å². The molecule has 0 aliphatic heterocycles. The van der Waals surface area contributed by atoms with Crippen molar-refractivity contribution < 1.29 is 13.5 Å². The lowest BCUT2D eigenvalue weighted by molar-refractivity contribution is 0.315. The molecule has 0 fully saturated rings. The second kappa shape index (κ2) is 5.43. The van der Waals surface area contributed by atoms with E-state index in [9.17, 15) is 8.96 Å². The number of unbranched alkanes of at least 4 members (excludes halogenated alkanes) is 1. The van der Waals surface area contributed by atoms with Gasteiger partial charge >= 0.3 is 0 Å². The Morgan fingerprint density at radius 2 is 2.07 bits per heavy atom. The van der Waals surface area contributed by atoms with Gasteiger partial charge in [-0.1, -0.05) is 25.5 Å². The van der Waals surface area contributed by atoms with Gasteiger partial charge in [0.15, 0.2) is 0 Å². The lowest BCUT2D eigenvalue weighted by Crippen LogP contribution is -2.11. The Bertz CT molecular complexity index is 365. The van der Waals surface area contributed by atoms with Gasteiger partial charge in [-0.05, 0) is 18.6 Å². The summed E-state index contributed by atoms with van der Waals surface area (Å²) in [6.45, 7) is 3.90. The highest BCUT2D eigenvalue weighted by molar-refractivity contribution is 7.66. The summed E-state index contributed by atoms with van der Waals surface area (Å²) in [6.07, 6.45) is 1.81. The molecular weight excluding hydrogens is 214 g/mol.